The maximum atomic E-state index is 13.5. The highest BCUT2D eigenvalue weighted by atomic mass is 35.5. The van der Waals surface area contributed by atoms with Gasteiger partial charge in [-0.2, -0.15) is 0 Å². The molecule has 31 heavy (non-hydrogen) atoms. The Hall–Kier alpha value is -2.70. The Balaban J connectivity index is 1.93. The van der Waals surface area contributed by atoms with Crippen LogP contribution >= 0.6 is 11.6 Å². The van der Waals surface area contributed by atoms with Crippen LogP contribution in [-0.4, -0.2) is 34.7 Å². The highest BCUT2D eigenvalue weighted by molar-refractivity contribution is 6.32. The fourth-order valence-electron chi connectivity index (χ4n) is 3.32. The molecule has 0 fully saturated rings. The Labute approximate surface area is 187 Å². The average Bonchev–Trinajstić information content (AvgIpc) is 3.07. The number of alkyl halides is 1. The number of halogens is 2. The smallest absolute Gasteiger partial charge is 0.226 e. The molecule has 0 spiro atoms. The Morgan fingerprint density at radius 3 is 2.39 bits per heavy atom. The summed E-state index contributed by atoms with van der Waals surface area (Å²) in [6, 6.07) is 19.7. The van der Waals surface area contributed by atoms with Crippen LogP contribution in [0.2, 0.25) is 5.15 Å². The number of aromatic nitrogens is 2. The third-order valence-electron chi connectivity index (χ3n) is 5.17. The lowest BCUT2D eigenvalue weighted by Crippen LogP contribution is -2.42. The van der Waals surface area contributed by atoms with Crippen molar-refractivity contribution < 1.29 is 9.18 Å². The molecule has 1 amide bonds. The highest BCUT2D eigenvalue weighted by Gasteiger charge is 2.31. The molecule has 5 nitrogen and oxygen atoms in total. The van der Waals surface area contributed by atoms with Crippen molar-refractivity contribution in [2.45, 2.75) is 33.0 Å². The van der Waals surface area contributed by atoms with Gasteiger partial charge in [0.05, 0.1) is 18.5 Å². The molecule has 0 saturated heterocycles. The van der Waals surface area contributed by atoms with Crippen LogP contribution in [0.15, 0.2) is 60.7 Å². The molecular formula is C24H28ClFN4O. The van der Waals surface area contributed by atoms with Gasteiger partial charge in [0.25, 0.3) is 0 Å². The fraction of sp³-hybridized carbons (Fsp3) is 0.333. The van der Waals surface area contributed by atoms with Crippen LogP contribution < -0.4 is 11.1 Å². The van der Waals surface area contributed by atoms with Crippen molar-refractivity contribution in [2.75, 3.05) is 13.1 Å². The number of carbonyl (C=O) groups is 1. The number of rotatable bonds is 9. The molecule has 0 aliphatic rings. The lowest BCUT2D eigenvalue weighted by atomic mass is 9.87. The second-order valence-electron chi connectivity index (χ2n) is 8.21. The van der Waals surface area contributed by atoms with Crippen LogP contribution in [0.1, 0.15) is 25.2 Å². The topological polar surface area (TPSA) is 72.9 Å². The van der Waals surface area contributed by atoms with Crippen molar-refractivity contribution in [3.63, 3.8) is 0 Å². The number of nitrogens with one attached hydrogen (secondary N) is 1. The zero-order valence-corrected chi connectivity index (χ0v) is 18.6. The van der Waals surface area contributed by atoms with E-state index in [0.29, 0.717) is 29.6 Å². The van der Waals surface area contributed by atoms with Crippen LogP contribution in [-0.2, 0) is 17.8 Å². The van der Waals surface area contributed by atoms with Crippen LogP contribution in [0.4, 0.5) is 4.39 Å². The van der Waals surface area contributed by atoms with Crippen molar-refractivity contribution in [2.24, 2.45) is 11.1 Å². The molecule has 0 radical (unpaired) electrons. The number of amides is 1. The van der Waals surface area contributed by atoms with E-state index in [-0.39, 0.29) is 19.0 Å². The number of nitrogens with two attached hydrogens (primary N) is 1. The lowest BCUT2D eigenvalue weighted by Gasteiger charge is -2.24. The first-order valence-electron chi connectivity index (χ1n) is 10.3. The van der Waals surface area contributed by atoms with E-state index in [2.05, 4.69) is 5.32 Å². The predicted octanol–water partition coefficient (Wildman–Crippen LogP) is 4.23. The Morgan fingerprint density at radius 1 is 1.16 bits per heavy atom. The number of hydrogen-bond donors (Lipinski definition) is 2. The molecule has 1 aromatic heterocycles. The van der Waals surface area contributed by atoms with E-state index in [1.807, 2.05) is 79.1 Å². The van der Waals surface area contributed by atoms with Crippen LogP contribution in [0.25, 0.3) is 11.3 Å². The van der Waals surface area contributed by atoms with Crippen molar-refractivity contribution in [3.05, 3.63) is 77.2 Å². The number of benzene rings is 2. The fourth-order valence-corrected chi connectivity index (χ4v) is 3.63. The summed E-state index contributed by atoms with van der Waals surface area (Å²) in [6.45, 7) is 3.93. The first kappa shape index (κ1) is 23.0. The monoisotopic (exact) mass is 442 g/mol. The van der Waals surface area contributed by atoms with Crippen LogP contribution in [0, 0.1) is 5.41 Å². The summed E-state index contributed by atoms with van der Waals surface area (Å²) in [5, 5.41) is 3.17. The van der Waals surface area contributed by atoms with Gasteiger partial charge < -0.3 is 15.6 Å². The molecule has 0 saturated carbocycles. The molecule has 164 valence electrons. The van der Waals surface area contributed by atoms with E-state index in [1.165, 1.54) is 0 Å². The van der Waals surface area contributed by atoms with Gasteiger partial charge in [-0.05, 0) is 5.56 Å². The van der Waals surface area contributed by atoms with Gasteiger partial charge in [-0.15, -0.1) is 0 Å². The van der Waals surface area contributed by atoms with Gasteiger partial charge in [0.1, 0.15) is 22.8 Å². The number of carbonyl (C=O) groups excluding carboxylic acids is 1. The van der Waals surface area contributed by atoms with E-state index in [4.69, 9.17) is 22.3 Å². The molecule has 2 aromatic carbocycles. The zero-order chi connectivity index (χ0) is 22.4. The molecule has 7 heteroatoms. The normalized spacial score (nSPS) is 12.5. The van der Waals surface area contributed by atoms with E-state index < -0.39 is 11.6 Å². The van der Waals surface area contributed by atoms with Crippen molar-refractivity contribution >= 4 is 17.5 Å². The number of nitrogens with zero attached hydrogens (tertiary/aromatic N) is 2. The minimum Gasteiger partial charge on any atom is -0.353 e. The zero-order valence-electron chi connectivity index (χ0n) is 17.8. The van der Waals surface area contributed by atoms with Gasteiger partial charge in [0, 0.05) is 18.5 Å². The Bertz CT molecular complexity index is 1010. The lowest BCUT2D eigenvalue weighted by molar-refractivity contribution is -0.129. The second kappa shape index (κ2) is 10.1. The third-order valence-corrected chi connectivity index (χ3v) is 5.55. The average molecular weight is 443 g/mol. The van der Waals surface area contributed by atoms with Gasteiger partial charge in [-0.3, -0.25) is 4.79 Å². The summed E-state index contributed by atoms with van der Waals surface area (Å²) in [5.74, 6) is 0.443. The van der Waals surface area contributed by atoms with E-state index >= 15 is 0 Å². The van der Waals surface area contributed by atoms with Gasteiger partial charge in [0.15, 0.2) is 0 Å². The molecule has 3 aromatic rings. The first-order valence-corrected chi connectivity index (χ1v) is 10.7. The molecule has 0 bridgehead atoms. The quantitative estimate of drug-likeness (QED) is 0.520. The van der Waals surface area contributed by atoms with Gasteiger partial charge in [-0.1, -0.05) is 86.1 Å². The minimum absolute atomic E-state index is 0.104. The largest absolute Gasteiger partial charge is 0.353 e. The Morgan fingerprint density at radius 2 is 1.77 bits per heavy atom. The number of hydrogen-bond acceptors (Lipinski definition) is 3. The Kier molecular flexibility index (Phi) is 7.46. The summed E-state index contributed by atoms with van der Waals surface area (Å²) in [4.78, 5) is 17.5. The van der Waals surface area contributed by atoms with Crippen molar-refractivity contribution in [3.8, 4) is 11.3 Å². The SMILES string of the molecule is CC(C)(Cc1nc(-c2ccccc2)c(Cl)n1Cc1ccccc1)C(=O)NC[C@H](F)CN. The summed E-state index contributed by atoms with van der Waals surface area (Å²) < 4.78 is 15.4. The van der Waals surface area contributed by atoms with Gasteiger partial charge in [-0.25, -0.2) is 9.37 Å². The standard InChI is InChI=1S/C24H28ClFN4O/c1-24(2,23(31)28-15-19(26)14-27)13-20-29-21(18-11-7-4-8-12-18)22(25)30(20)16-17-9-5-3-6-10-17/h3-12,19H,13-16,27H2,1-2H3,(H,28,31)/t19-/m1/s1. The third kappa shape index (κ3) is 5.71. The summed E-state index contributed by atoms with van der Waals surface area (Å²) in [7, 11) is 0. The first-order chi connectivity index (χ1) is 14.8. The van der Waals surface area contributed by atoms with E-state index in [0.717, 1.165) is 11.1 Å². The molecule has 0 unspecified atom stereocenters. The van der Waals surface area contributed by atoms with Gasteiger partial charge in [0.2, 0.25) is 5.91 Å². The second-order valence-corrected chi connectivity index (χ2v) is 8.57. The van der Waals surface area contributed by atoms with Crippen molar-refractivity contribution in [1.82, 2.24) is 14.9 Å². The van der Waals surface area contributed by atoms with Crippen LogP contribution in [0.5, 0.6) is 0 Å². The maximum absolute atomic E-state index is 13.5. The summed E-state index contributed by atoms with van der Waals surface area (Å²) in [6.07, 6.45) is -0.920. The molecular weight excluding hydrogens is 415 g/mol. The predicted molar refractivity (Wildman–Crippen MR) is 123 cm³/mol. The summed E-state index contributed by atoms with van der Waals surface area (Å²) >= 11 is 6.78. The molecule has 0 aliphatic carbocycles. The van der Waals surface area contributed by atoms with Crippen molar-refractivity contribution in [1.29, 1.82) is 0 Å². The van der Waals surface area contributed by atoms with Crippen LogP contribution in [0.3, 0.4) is 0 Å². The summed E-state index contributed by atoms with van der Waals surface area (Å²) in [5.41, 5.74) is 7.15. The molecule has 3 N–H and O–H groups in total. The molecule has 3 rings (SSSR count). The highest BCUT2D eigenvalue weighted by Crippen LogP contribution is 2.32. The molecule has 1 heterocycles. The minimum atomic E-state index is -1.26. The van der Waals surface area contributed by atoms with E-state index in [1.54, 1.807) is 0 Å². The van der Waals surface area contributed by atoms with Gasteiger partial charge >= 0.3 is 0 Å². The molecule has 0 aliphatic heterocycles. The van der Waals surface area contributed by atoms with E-state index in [9.17, 15) is 9.18 Å². The number of imidazole rings is 1. The maximum Gasteiger partial charge on any atom is 0.226 e. The molecule has 1 atom stereocenters.